The molecule has 3 rings (SSSR count). The molecule has 1 fully saturated rings. The fourth-order valence-electron chi connectivity index (χ4n) is 1.98. The van der Waals surface area contributed by atoms with Crippen LogP contribution in [0.4, 0.5) is 8.78 Å². The fraction of sp³-hybridized carbons (Fsp3) is 0.286. The summed E-state index contributed by atoms with van der Waals surface area (Å²) in [5.41, 5.74) is 0.450. The summed E-state index contributed by atoms with van der Waals surface area (Å²) in [5.74, 6) is -0.396. The van der Waals surface area contributed by atoms with Gasteiger partial charge in [0.1, 0.15) is 22.6 Å². The first kappa shape index (κ1) is 12.5. The van der Waals surface area contributed by atoms with Gasteiger partial charge in [0, 0.05) is 12.0 Å². The number of rotatable bonds is 2. The molecule has 1 saturated carbocycles. The Kier molecular flexibility index (Phi) is 2.97. The highest BCUT2D eigenvalue weighted by Gasteiger charge is 2.28. The molecule has 1 heterocycles. The SMILES string of the molecule is Cc1ccc(F)c(-c2cc(Cl)nc(C3CC3)n2)c1F. The lowest BCUT2D eigenvalue weighted by atomic mass is 10.1. The molecule has 0 spiro atoms. The van der Waals surface area contributed by atoms with Gasteiger partial charge in [-0.05, 0) is 31.4 Å². The number of halogens is 3. The maximum absolute atomic E-state index is 14.1. The predicted octanol–water partition coefficient (Wildman–Crippen LogP) is 4.26. The van der Waals surface area contributed by atoms with E-state index in [2.05, 4.69) is 9.97 Å². The number of nitrogens with zero attached hydrogens (tertiary/aromatic N) is 2. The molecule has 98 valence electrons. The van der Waals surface area contributed by atoms with Gasteiger partial charge in [-0.1, -0.05) is 17.7 Å². The number of aromatic nitrogens is 2. The van der Waals surface area contributed by atoms with Gasteiger partial charge in [-0.25, -0.2) is 18.7 Å². The lowest BCUT2D eigenvalue weighted by Gasteiger charge is -2.08. The van der Waals surface area contributed by atoms with E-state index in [0.717, 1.165) is 12.8 Å². The van der Waals surface area contributed by atoms with E-state index >= 15 is 0 Å². The van der Waals surface area contributed by atoms with Crippen LogP contribution in [-0.2, 0) is 0 Å². The molecule has 19 heavy (non-hydrogen) atoms. The summed E-state index contributed by atoms with van der Waals surface area (Å²) < 4.78 is 27.9. The minimum absolute atomic E-state index is 0.133. The zero-order valence-electron chi connectivity index (χ0n) is 10.3. The van der Waals surface area contributed by atoms with Gasteiger partial charge in [0.05, 0.1) is 11.3 Å². The second-order valence-electron chi connectivity index (χ2n) is 4.76. The van der Waals surface area contributed by atoms with Crippen LogP contribution in [0.2, 0.25) is 5.15 Å². The highest BCUT2D eigenvalue weighted by atomic mass is 35.5. The van der Waals surface area contributed by atoms with Gasteiger partial charge >= 0.3 is 0 Å². The monoisotopic (exact) mass is 280 g/mol. The minimum Gasteiger partial charge on any atom is -0.232 e. The average Bonchev–Trinajstić information content (AvgIpc) is 3.18. The predicted molar refractivity (Wildman–Crippen MR) is 69.1 cm³/mol. The number of benzene rings is 1. The van der Waals surface area contributed by atoms with Crippen LogP contribution in [0.25, 0.3) is 11.3 Å². The molecule has 0 bridgehead atoms. The van der Waals surface area contributed by atoms with Gasteiger partial charge in [-0.2, -0.15) is 0 Å². The molecule has 0 aliphatic heterocycles. The van der Waals surface area contributed by atoms with Gasteiger partial charge in [0.25, 0.3) is 0 Å². The van der Waals surface area contributed by atoms with Crippen LogP contribution < -0.4 is 0 Å². The maximum Gasteiger partial charge on any atom is 0.138 e. The normalized spacial score (nSPS) is 14.7. The van der Waals surface area contributed by atoms with Crippen molar-refractivity contribution >= 4 is 11.6 Å². The van der Waals surface area contributed by atoms with Crippen LogP contribution in [0.15, 0.2) is 18.2 Å². The summed E-state index contributed by atoms with van der Waals surface area (Å²) >= 11 is 5.92. The van der Waals surface area contributed by atoms with E-state index in [4.69, 9.17) is 11.6 Å². The van der Waals surface area contributed by atoms with Gasteiger partial charge in [0.2, 0.25) is 0 Å². The average molecular weight is 281 g/mol. The van der Waals surface area contributed by atoms with E-state index in [9.17, 15) is 8.78 Å². The molecular formula is C14H11ClF2N2. The van der Waals surface area contributed by atoms with Crippen LogP contribution in [0.5, 0.6) is 0 Å². The highest BCUT2D eigenvalue weighted by molar-refractivity contribution is 6.29. The summed E-state index contributed by atoms with van der Waals surface area (Å²) in [4.78, 5) is 8.37. The van der Waals surface area contributed by atoms with Gasteiger partial charge < -0.3 is 0 Å². The summed E-state index contributed by atoms with van der Waals surface area (Å²) in [6, 6.07) is 4.04. The zero-order valence-corrected chi connectivity index (χ0v) is 11.0. The van der Waals surface area contributed by atoms with Crippen LogP contribution in [0.1, 0.15) is 30.1 Å². The smallest absolute Gasteiger partial charge is 0.138 e. The van der Waals surface area contributed by atoms with Crippen molar-refractivity contribution in [2.45, 2.75) is 25.7 Å². The fourth-order valence-corrected chi connectivity index (χ4v) is 2.17. The molecule has 5 heteroatoms. The number of aryl methyl sites for hydroxylation is 1. The second-order valence-corrected chi connectivity index (χ2v) is 5.15. The quantitative estimate of drug-likeness (QED) is 0.768. The third-order valence-electron chi connectivity index (χ3n) is 3.20. The minimum atomic E-state index is -0.639. The van der Waals surface area contributed by atoms with Gasteiger partial charge in [-0.15, -0.1) is 0 Å². The first-order valence-corrected chi connectivity index (χ1v) is 6.43. The lowest BCUT2D eigenvalue weighted by molar-refractivity contribution is 0.582. The Hall–Kier alpha value is -1.55. The first-order valence-electron chi connectivity index (χ1n) is 6.05. The molecule has 0 radical (unpaired) electrons. The van der Waals surface area contributed by atoms with Crippen molar-refractivity contribution in [2.75, 3.05) is 0 Å². The van der Waals surface area contributed by atoms with E-state index in [1.165, 1.54) is 18.2 Å². The molecule has 0 atom stereocenters. The largest absolute Gasteiger partial charge is 0.232 e. The second kappa shape index (κ2) is 4.53. The van der Waals surface area contributed by atoms with Crippen molar-refractivity contribution in [3.05, 3.63) is 46.4 Å². The van der Waals surface area contributed by atoms with Crippen molar-refractivity contribution in [3.63, 3.8) is 0 Å². The molecule has 1 aliphatic carbocycles. The van der Waals surface area contributed by atoms with Crippen molar-refractivity contribution < 1.29 is 8.78 Å². The molecule has 1 aliphatic rings. The van der Waals surface area contributed by atoms with E-state index in [1.807, 2.05) is 0 Å². The Morgan fingerprint density at radius 1 is 1.21 bits per heavy atom. The topological polar surface area (TPSA) is 25.8 Å². The number of hydrogen-bond acceptors (Lipinski definition) is 2. The van der Waals surface area contributed by atoms with E-state index in [-0.39, 0.29) is 22.3 Å². The zero-order chi connectivity index (χ0) is 13.6. The molecular weight excluding hydrogens is 270 g/mol. The summed E-state index contributed by atoms with van der Waals surface area (Å²) in [5, 5.41) is 0.215. The molecule has 2 aromatic rings. The van der Waals surface area contributed by atoms with Crippen LogP contribution >= 0.6 is 11.6 Å². The molecule has 0 unspecified atom stereocenters. The van der Waals surface area contributed by atoms with Gasteiger partial charge in [-0.3, -0.25) is 0 Å². The number of hydrogen-bond donors (Lipinski definition) is 0. The van der Waals surface area contributed by atoms with Crippen molar-refractivity contribution in [1.82, 2.24) is 9.97 Å². The Balaban J connectivity index is 2.19. The third kappa shape index (κ3) is 2.32. The summed E-state index contributed by atoms with van der Waals surface area (Å²) in [7, 11) is 0. The van der Waals surface area contributed by atoms with Crippen LogP contribution in [-0.4, -0.2) is 9.97 Å². The van der Waals surface area contributed by atoms with Crippen molar-refractivity contribution in [2.24, 2.45) is 0 Å². The van der Waals surface area contributed by atoms with Crippen LogP contribution in [0.3, 0.4) is 0 Å². The Labute approximate surface area is 114 Å². The summed E-state index contributed by atoms with van der Waals surface area (Å²) in [6.45, 7) is 1.59. The first-order chi connectivity index (χ1) is 9.06. The maximum atomic E-state index is 14.1. The van der Waals surface area contributed by atoms with Crippen molar-refractivity contribution in [3.8, 4) is 11.3 Å². The molecule has 0 saturated heterocycles. The van der Waals surface area contributed by atoms with Gasteiger partial charge in [0.15, 0.2) is 0 Å². The Morgan fingerprint density at radius 3 is 2.63 bits per heavy atom. The molecule has 2 nitrogen and oxygen atoms in total. The highest BCUT2D eigenvalue weighted by Crippen LogP contribution is 2.39. The molecule has 0 N–H and O–H groups in total. The molecule has 1 aromatic carbocycles. The van der Waals surface area contributed by atoms with E-state index < -0.39 is 11.6 Å². The Bertz CT molecular complexity index is 654. The van der Waals surface area contributed by atoms with Crippen LogP contribution in [0, 0.1) is 18.6 Å². The lowest BCUT2D eigenvalue weighted by Crippen LogP contribution is -2.00. The Morgan fingerprint density at radius 2 is 1.95 bits per heavy atom. The van der Waals surface area contributed by atoms with E-state index in [0.29, 0.717) is 11.4 Å². The van der Waals surface area contributed by atoms with E-state index in [1.54, 1.807) is 6.92 Å². The standard InChI is InChI=1S/C14H11ClF2N2/c1-7-2-5-9(16)12(13(7)17)10-6-11(15)19-14(18-10)8-3-4-8/h2,5-6,8H,3-4H2,1H3. The molecule has 1 aromatic heterocycles. The molecule has 0 amide bonds. The summed E-state index contributed by atoms with van der Waals surface area (Å²) in [6.07, 6.45) is 2.00. The van der Waals surface area contributed by atoms with Crippen molar-refractivity contribution in [1.29, 1.82) is 0 Å². The third-order valence-corrected chi connectivity index (χ3v) is 3.39.